The predicted octanol–water partition coefficient (Wildman–Crippen LogP) is 3.57. The Balaban J connectivity index is 1.88. The van der Waals surface area contributed by atoms with E-state index in [1.165, 1.54) is 0 Å². The van der Waals surface area contributed by atoms with E-state index in [9.17, 15) is 9.59 Å². The van der Waals surface area contributed by atoms with Gasteiger partial charge in [0.1, 0.15) is 0 Å². The summed E-state index contributed by atoms with van der Waals surface area (Å²) in [5.74, 6) is 0.261. The van der Waals surface area contributed by atoms with Crippen LogP contribution in [-0.2, 0) is 9.59 Å². The molecule has 2 bridgehead atoms. The molecule has 3 rings (SSSR count). The van der Waals surface area contributed by atoms with Crippen LogP contribution in [0.2, 0.25) is 0 Å². The second-order valence-electron chi connectivity index (χ2n) is 10.6. The number of alkyl halides is 1. The van der Waals surface area contributed by atoms with E-state index in [2.05, 4.69) is 68.1 Å². The first-order valence-corrected chi connectivity index (χ1v) is 10.4. The standard InChI is InChI=1S/C20H33BrN2O2/c1-16(2)10-12(11-17(3,4)23-16)22-15(25)20-9-8-19(7,18(20,5)6)14(24)13(20)21/h12-13,23H,8-11H2,1-7H3,(H,22,25)/t13-,19+,20+/m0/s1. The molecule has 0 aromatic heterocycles. The Morgan fingerprint density at radius 1 is 1.04 bits per heavy atom. The maximum absolute atomic E-state index is 13.5. The van der Waals surface area contributed by atoms with Crippen molar-refractivity contribution < 1.29 is 9.59 Å². The lowest BCUT2D eigenvalue weighted by molar-refractivity contribution is -0.137. The highest BCUT2D eigenvalue weighted by Crippen LogP contribution is 2.72. The van der Waals surface area contributed by atoms with Crippen LogP contribution < -0.4 is 10.6 Å². The van der Waals surface area contributed by atoms with Gasteiger partial charge in [-0.15, -0.1) is 0 Å². The molecule has 1 aliphatic heterocycles. The van der Waals surface area contributed by atoms with Gasteiger partial charge in [-0.3, -0.25) is 9.59 Å². The van der Waals surface area contributed by atoms with Crippen LogP contribution in [0.15, 0.2) is 0 Å². The van der Waals surface area contributed by atoms with Gasteiger partial charge in [0.2, 0.25) is 5.91 Å². The molecule has 1 amide bonds. The fourth-order valence-corrected chi connectivity index (χ4v) is 7.71. The van der Waals surface area contributed by atoms with Gasteiger partial charge in [0.05, 0.1) is 10.2 Å². The van der Waals surface area contributed by atoms with Crippen molar-refractivity contribution in [3.05, 3.63) is 0 Å². The Morgan fingerprint density at radius 2 is 1.56 bits per heavy atom. The maximum atomic E-state index is 13.5. The normalized spacial score (nSPS) is 41.8. The summed E-state index contributed by atoms with van der Waals surface area (Å²) in [6.45, 7) is 15.0. The van der Waals surface area contributed by atoms with Crippen LogP contribution in [0, 0.1) is 16.2 Å². The minimum atomic E-state index is -0.641. The van der Waals surface area contributed by atoms with E-state index in [-0.39, 0.29) is 39.1 Å². The van der Waals surface area contributed by atoms with Gasteiger partial charge >= 0.3 is 0 Å². The highest BCUT2D eigenvalue weighted by molar-refractivity contribution is 9.10. The molecule has 0 aromatic carbocycles. The van der Waals surface area contributed by atoms with Crippen molar-refractivity contribution in [3.8, 4) is 0 Å². The average Bonchev–Trinajstić information content (AvgIpc) is 2.67. The Morgan fingerprint density at radius 3 is 2.00 bits per heavy atom. The minimum Gasteiger partial charge on any atom is -0.353 e. The number of ketones is 1. The lowest BCUT2D eigenvalue weighted by Gasteiger charge is -2.48. The lowest BCUT2D eigenvalue weighted by atomic mass is 9.64. The Hall–Kier alpha value is -0.420. The van der Waals surface area contributed by atoms with E-state index in [0.29, 0.717) is 0 Å². The lowest BCUT2D eigenvalue weighted by Crippen LogP contribution is -2.63. The van der Waals surface area contributed by atoms with Gasteiger partial charge in [-0.25, -0.2) is 0 Å². The van der Waals surface area contributed by atoms with Gasteiger partial charge in [-0.2, -0.15) is 0 Å². The summed E-state index contributed by atoms with van der Waals surface area (Å²) in [5, 5.41) is 7.01. The summed E-state index contributed by atoms with van der Waals surface area (Å²) in [6, 6.07) is 0.131. The zero-order valence-corrected chi connectivity index (χ0v) is 18.3. The number of hydrogen-bond acceptors (Lipinski definition) is 3. The molecule has 1 heterocycles. The molecule has 2 aliphatic carbocycles. The third-order valence-corrected chi connectivity index (χ3v) is 8.85. The number of piperidine rings is 1. The smallest absolute Gasteiger partial charge is 0.228 e. The number of hydrogen-bond donors (Lipinski definition) is 2. The van der Waals surface area contributed by atoms with E-state index in [1.54, 1.807) is 0 Å². The summed E-state index contributed by atoms with van der Waals surface area (Å²) in [5.41, 5.74) is -1.43. The van der Waals surface area contributed by atoms with Gasteiger partial charge in [-0.05, 0) is 58.8 Å². The average molecular weight is 413 g/mol. The Bertz CT molecular complexity index is 611. The van der Waals surface area contributed by atoms with Crippen LogP contribution >= 0.6 is 15.9 Å². The van der Waals surface area contributed by atoms with Gasteiger partial charge < -0.3 is 10.6 Å². The Labute approximate surface area is 160 Å². The van der Waals surface area contributed by atoms with Crippen LogP contribution in [-0.4, -0.2) is 33.6 Å². The largest absolute Gasteiger partial charge is 0.353 e. The molecule has 3 fully saturated rings. The van der Waals surface area contributed by atoms with Crippen molar-refractivity contribution in [2.75, 3.05) is 0 Å². The monoisotopic (exact) mass is 412 g/mol. The number of carbonyl (C=O) groups is 2. The molecule has 142 valence electrons. The number of halogens is 1. The van der Waals surface area contributed by atoms with Crippen molar-refractivity contribution in [2.45, 2.75) is 96.1 Å². The van der Waals surface area contributed by atoms with Gasteiger partial charge in [0.25, 0.3) is 0 Å². The van der Waals surface area contributed by atoms with E-state index in [0.717, 1.165) is 25.7 Å². The van der Waals surface area contributed by atoms with E-state index in [1.807, 2.05) is 6.92 Å². The molecule has 0 aromatic rings. The predicted molar refractivity (Wildman–Crippen MR) is 104 cm³/mol. The number of Topliss-reactive ketones (excluding diaryl/α,β-unsaturated/α-hetero) is 1. The number of rotatable bonds is 2. The zero-order valence-electron chi connectivity index (χ0n) is 16.7. The van der Waals surface area contributed by atoms with Crippen molar-refractivity contribution in [3.63, 3.8) is 0 Å². The van der Waals surface area contributed by atoms with Crippen molar-refractivity contribution in [1.29, 1.82) is 0 Å². The first kappa shape index (κ1) is 19.3. The molecule has 2 N–H and O–H groups in total. The molecule has 0 spiro atoms. The molecule has 3 atom stereocenters. The highest BCUT2D eigenvalue weighted by Gasteiger charge is 2.76. The van der Waals surface area contributed by atoms with Crippen molar-refractivity contribution >= 4 is 27.6 Å². The molecule has 0 radical (unpaired) electrons. The number of fused-ring (bicyclic) bond motifs is 2. The van der Waals surface area contributed by atoms with Crippen LogP contribution in [0.5, 0.6) is 0 Å². The summed E-state index contributed by atoms with van der Waals surface area (Å²) in [6.07, 6.45) is 3.38. The molecule has 2 saturated carbocycles. The van der Waals surface area contributed by atoms with Crippen LogP contribution in [0.3, 0.4) is 0 Å². The number of nitrogens with one attached hydrogen (secondary N) is 2. The molecule has 1 saturated heterocycles. The Kier molecular flexibility index (Phi) is 4.11. The SMILES string of the molecule is CC1(C)CC(NC(=O)[C@@]23CC[C@](C)(C(=O)[C@@H]2Br)C3(C)C)CC(C)(C)N1. The number of amides is 1. The zero-order chi connectivity index (χ0) is 19.1. The summed E-state index contributed by atoms with van der Waals surface area (Å²) in [7, 11) is 0. The quantitative estimate of drug-likeness (QED) is 0.681. The molecule has 4 nitrogen and oxygen atoms in total. The molecule has 25 heavy (non-hydrogen) atoms. The van der Waals surface area contributed by atoms with Crippen LogP contribution in [0.1, 0.15) is 74.1 Å². The molecule has 5 heteroatoms. The highest BCUT2D eigenvalue weighted by atomic mass is 79.9. The van der Waals surface area contributed by atoms with Crippen molar-refractivity contribution in [2.24, 2.45) is 16.2 Å². The second-order valence-corrected chi connectivity index (χ2v) is 11.5. The van der Waals surface area contributed by atoms with Crippen LogP contribution in [0.4, 0.5) is 0 Å². The van der Waals surface area contributed by atoms with E-state index < -0.39 is 10.8 Å². The fourth-order valence-electron chi connectivity index (χ4n) is 6.19. The molecule has 3 aliphatic rings. The third-order valence-electron chi connectivity index (χ3n) is 7.65. The number of carbonyl (C=O) groups excluding carboxylic acids is 2. The van der Waals surface area contributed by atoms with E-state index >= 15 is 0 Å². The van der Waals surface area contributed by atoms with Crippen molar-refractivity contribution in [1.82, 2.24) is 10.6 Å². The maximum Gasteiger partial charge on any atom is 0.228 e. The van der Waals surface area contributed by atoms with Gasteiger partial charge in [0, 0.05) is 22.5 Å². The topological polar surface area (TPSA) is 58.2 Å². The summed E-state index contributed by atoms with van der Waals surface area (Å²) in [4.78, 5) is 26.0. The third kappa shape index (κ3) is 2.48. The fraction of sp³-hybridized carbons (Fsp3) is 0.900. The first-order chi connectivity index (χ1) is 11.2. The molecular formula is C20H33BrN2O2. The minimum absolute atomic E-state index is 0.0175. The van der Waals surface area contributed by atoms with Gasteiger partial charge in [0.15, 0.2) is 5.78 Å². The summed E-state index contributed by atoms with van der Waals surface area (Å²) < 4.78 is 0. The first-order valence-electron chi connectivity index (χ1n) is 9.47. The summed E-state index contributed by atoms with van der Waals surface area (Å²) >= 11 is 3.62. The van der Waals surface area contributed by atoms with Gasteiger partial charge in [-0.1, -0.05) is 36.7 Å². The second kappa shape index (κ2) is 5.31. The molecular weight excluding hydrogens is 380 g/mol. The van der Waals surface area contributed by atoms with E-state index in [4.69, 9.17) is 0 Å². The molecule has 0 unspecified atom stereocenters. The van der Waals surface area contributed by atoms with Crippen LogP contribution in [0.25, 0.3) is 0 Å².